The fraction of sp³-hybridized carbons (Fsp3) is 0.929. The molecule has 0 N–H and O–H groups in total. The molecule has 0 aromatic heterocycles. The van der Waals surface area contributed by atoms with Crippen molar-refractivity contribution in [2.24, 2.45) is 22.2 Å². The Hall–Kier alpha value is -0.260. The zero-order valence-electron chi connectivity index (χ0n) is 21.4. The summed E-state index contributed by atoms with van der Waals surface area (Å²) >= 11 is 0. The summed E-state index contributed by atoms with van der Waals surface area (Å²) in [5.41, 5.74) is 1.47. The number of allylic oxidation sites excluding steroid dienone is 2. The predicted octanol–water partition coefficient (Wildman–Crippen LogP) is 10.4. The van der Waals surface area contributed by atoms with E-state index in [4.69, 9.17) is 0 Å². The van der Waals surface area contributed by atoms with Crippen LogP contribution in [0.4, 0.5) is 0 Å². The summed E-state index contributed by atoms with van der Waals surface area (Å²) in [6.07, 6.45) is 22.5. The van der Waals surface area contributed by atoms with Gasteiger partial charge in [0.1, 0.15) is 0 Å². The van der Waals surface area contributed by atoms with Gasteiger partial charge >= 0.3 is 0 Å². The lowest BCUT2D eigenvalue weighted by Crippen LogP contribution is -2.18. The second kappa shape index (κ2) is 13.9. The molecule has 0 bridgehead atoms. The Morgan fingerprint density at radius 3 is 1.75 bits per heavy atom. The van der Waals surface area contributed by atoms with E-state index in [1.807, 2.05) is 0 Å². The van der Waals surface area contributed by atoms with Gasteiger partial charge in [-0.05, 0) is 60.7 Å². The third kappa shape index (κ3) is 13.1. The Balaban J connectivity index is 4.25. The maximum Gasteiger partial charge on any atom is -0.0149 e. The van der Waals surface area contributed by atoms with Crippen molar-refractivity contribution in [3.05, 3.63) is 12.2 Å². The van der Waals surface area contributed by atoms with E-state index in [2.05, 4.69) is 74.5 Å². The van der Waals surface area contributed by atoms with E-state index >= 15 is 0 Å². The molecule has 0 aliphatic heterocycles. The molecule has 0 heteroatoms. The van der Waals surface area contributed by atoms with Crippen LogP contribution in [0.15, 0.2) is 12.2 Å². The third-order valence-electron chi connectivity index (χ3n) is 7.51. The molecule has 0 amide bonds. The van der Waals surface area contributed by atoms with E-state index in [9.17, 15) is 0 Å². The zero-order valence-corrected chi connectivity index (χ0v) is 21.4. The fourth-order valence-electron chi connectivity index (χ4n) is 4.46. The Bertz CT molecular complexity index is 400. The van der Waals surface area contributed by atoms with Crippen LogP contribution < -0.4 is 0 Å². The van der Waals surface area contributed by atoms with E-state index in [-0.39, 0.29) is 0 Å². The van der Waals surface area contributed by atoms with Crippen LogP contribution in [-0.2, 0) is 0 Å². The molecule has 2 unspecified atom stereocenters. The molecule has 168 valence electrons. The topological polar surface area (TPSA) is 0 Å². The molecule has 0 fully saturated rings. The van der Waals surface area contributed by atoms with E-state index in [1.165, 1.54) is 83.5 Å². The molecule has 0 saturated carbocycles. The van der Waals surface area contributed by atoms with Gasteiger partial charge < -0.3 is 0 Å². The van der Waals surface area contributed by atoms with Gasteiger partial charge in [0, 0.05) is 0 Å². The molecule has 0 aromatic carbocycles. The molecular weight excluding hydrogens is 336 g/mol. The Kier molecular flexibility index (Phi) is 13.7. The summed E-state index contributed by atoms with van der Waals surface area (Å²) in [5, 5.41) is 0. The lowest BCUT2D eigenvalue weighted by atomic mass is 9.75. The maximum absolute atomic E-state index is 2.52. The highest BCUT2D eigenvalue weighted by atomic mass is 14.3. The van der Waals surface area contributed by atoms with Gasteiger partial charge in [0.15, 0.2) is 0 Å². The molecule has 0 heterocycles. The molecule has 0 aromatic rings. The molecule has 0 aliphatic carbocycles. The first-order valence-corrected chi connectivity index (χ1v) is 12.7. The number of unbranched alkanes of at least 4 members (excludes halogenated alkanes) is 2. The first-order chi connectivity index (χ1) is 13.0. The summed E-state index contributed by atoms with van der Waals surface area (Å²) in [7, 11) is 0. The van der Waals surface area contributed by atoms with E-state index in [0.29, 0.717) is 16.2 Å². The fourth-order valence-corrected chi connectivity index (χ4v) is 4.46. The van der Waals surface area contributed by atoms with E-state index < -0.39 is 0 Å². The van der Waals surface area contributed by atoms with Crippen LogP contribution in [0.1, 0.15) is 146 Å². The molecule has 0 nitrogen and oxygen atoms in total. The first-order valence-electron chi connectivity index (χ1n) is 12.7. The lowest BCUT2D eigenvalue weighted by molar-refractivity contribution is 0.216. The van der Waals surface area contributed by atoms with E-state index in [0.717, 1.165) is 5.92 Å². The van der Waals surface area contributed by atoms with Crippen LogP contribution in [0.5, 0.6) is 0 Å². The molecule has 2 atom stereocenters. The van der Waals surface area contributed by atoms with Crippen molar-refractivity contribution in [3.8, 4) is 0 Å². The second-order valence-electron chi connectivity index (χ2n) is 11.4. The highest BCUT2D eigenvalue weighted by molar-refractivity contribution is 4.96. The highest BCUT2D eigenvalue weighted by Gasteiger charge is 2.23. The zero-order chi connectivity index (χ0) is 21.7. The molecule has 28 heavy (non-hydrogen) atoms. The third-order valence-corrected chi connectivity index (χ3v) is 7.51. The van der Waals surface area contributed by atoms with Gasteiger partial charge in [0.25, 0.3) is 0 Å². The predicted molar refractivity (Wildman–Crippen MR) is 131 cm³/mol. The van der Waals surface area contributed by atoms with Crippen molar-refractivity contribution < 1.29 is 0 Å². The van der Waals surface area contributed by atoms with Crippen LogP contribution in [0.25, 0.3) is 0 Å². The normalized spacial score (nSPS) is 16.5. The highest BCUT2D eigenvalue weighted by Crippen LogP contribution is 2.37. The molecule has 0 saturated heterocycles. The van der Waals surface area contributed by atoms with Crippen molar-refractivity contribution >= 4 is 0 Å². The smallest absolute Gasteiger partial charge is 0.0149 e. The minimum atomic E-state index is 0.420. The Morgan fingerprint density at radius 1 is 0.679 bits per heavy atom. The van der Waals surface area contributed by atoms with Crippen LogP contribution >= 0.6 is 0 Å². The Labute approximate surface area is 180 Å². The number of rotatable bonds is 17. The molecule has 0 aliphatic rings. The Morgan fingerprint density at radius 2 is 1.25 bits per heavy atom. The van der Waals surface area contributed by atoms with Crippen molar-refractivity contribution in [2.75, 3.05) is 0 Å². The summed E-state index contributed by atoms with van der Waals surface area (Å²) in [6, 6.07) is 0. The largest absolute Gasteiger partial charge is 0.0883 e. The van der Waals surface area contributed by atoms with Crippen molar-refractivity contribution in [3.63, 3.8) is 0 Å². The minimum absolute atomic E-state index is 0.420. The lowest BCUT2D eigenvalue weighted by Gasteiger charge is -2.31. The molecular formula is C28H56. The molecule has 0 rings (SSSR count). The minimum Gasteiger partial charge on any atom is -0.0883 e. The first kappa shape index (κ1) is 27.7. The summed E-state index contributed by atoms with van der Waals surface area (Å²) in [5.74, 6) is 0.918. The van der Waals surface area contributed by atoms with Crippen molar-refractivity contribution in [1.29, 1.82) is 0 Å². The molecule has 0 spiro atoms. The van der Waals surface area contributed by atoms with E-state index in [1.54, 1.807) is 0 Å². The van der Waals surface area contributed by atoms with Crippen LogP contribution in [-0.4, -0.2) is 0 Å². The summed E-state index contributed by atoms with van der Waals surface area (Å²) in [6.45, 7) is 21.7. The molecule has 0 radical (unpaired) electrons. The van der Waals surface area contributed by atoms with Gasteiger partial charge in [-0.3, -0.25) is 0 Å². The van der Waals surface area contributed by atoms with Crippen LogP contribution in [0.3, 0.4) is 0 Å². The van der Waals surface area contributed by atoms with Gasteiger partial charge in [-0.2, -0.15) is 0 Å². The van der Waals surface area contributed by atoms with Crippen LogP contribution in [0.2, 0.25) is 0 Å². The standard InChI is InChI=1S/C28H56/c1-10-14-22-28(9,13-4)23-16-15-19-25(11-2)24-27(7,8)21-18-17-20-26(5,6)12-3/h14,22,25H,10-13,15-21,23-24H2,1-9H3/b22-14-. The number of hydrogen-bond acceptors (Lipinski definition) is 0. The average molecular weight is 393 g/mol. The summed E-state index contributed by atoms with van der Waals surface area (Å²) < 4.78 is 0. The number of hydrogen-bond donors (Lipinski definition) is 0. The van der Waals surface area contributed by atoms with Gasteiger partial charge in [-0.1, -0.05) is 119 Å². The average Bonchev–Trinajstić information content (AvgIpc) is 2.66. The monoisotopic (exact) mass is 392 g/mol. The van der Waals surface area contributed by atoms with Gasteiger partial charge in [-0.25, -0.2) is 0 Å². The SMILES string of the molecule is CC/C=C\C(C)(CC)CCCCC(CC)CC(C)(C)CCCCC(C)(C)CC. The maximum atomic E-state index is 2.52. The van der Waals surface area contributed by atoms with Gasteiger partial charge in [0.05, 0.1) is 0 Å². The van der Waals surface area contributed by atoms with Crippen LogP contribution in [0, 0.1) is 22.2 Å². The van der Waals surface area contributed by atoms with Gasteiger partial charge in [0.2, 0.25) is 0 Å². The van der Waals surface area contributed by atoms with Crippen molar-refractivity contribution in [1.82, 2.24) is 0 Å². The quantitative estimate of drug-likeness (QED) is 0.170. The van der Waals surface area contributed by atoms with Crippen molar-refractivity contribution in [2.45, 2.75) is 146 Å². The summed E-state index contributed by atoms with van der Waals surface area (Å²) in [4.78, 5) is 0. The van der Waals surface area contributed by atoms with Gasteiger partial charge in [-0.15, -0.1) is 0 Å². The second-order valence-corrected chi connectivity index (χ2v) is 11.4.